The molecule has 18 heavy (non-hydrogen) atoms. The smallest absolute Gasteiger partial charge is 0.108 e. The Hall–Kier alpha value is -0.800. The largest absolute Gasteiger partial charge is 0.469 e. The number of aryl methyl sites for hydroxylation is 1. The normalized spacial score (nSPS) is 32.2. The molecule has 1 aromatic heterocycles. The molecule has 0 spiro atoms. The van der Waals surface area contributed by atoms with Crippen LogP contribution in [0.15, 0.2) is 16.7 Å². The maximum atomic E-state index is 9.51. The van der Waals surface area contributed by atoms with Crippen LogP contribution in [0.3, 0.4) is 0 Å². The van der Waals surface area contributed by atoms with Crippen molar-refractivity contribution in [1.82, 2.24) is 5.32 Å². The third-order valence-electron chi connectivity index (χ3n) is 4.52. The lowest BCUT2D eigenvalue weighted by Crippen LogP contribution is -2.32. The molecule has 2 aliphatic carbocycles. The first kappa shape index (κ1) is 12.2. The molecule has 1 aromatic rings. The molecule has 0 radical (unpaired) electrons. The average molecular weight is 249 g/mol. The van der Waals surface area contributed by atoms with Crippen molar-refractivity contribution < 1.29 is 9.52 Å². The zero-order chi connectivity index (χ0) is 12.4. The van der Waals surface area contributed by atoms with Crippen LogP contribution in [-0.4, -0.2) is 17.8 Å². The molecule has 0 bridgehead atoms. The van der Waals surface area contributed by atoms with Gasteiger partial charge in [0.2, 0.25) is 0 Å². The van der Waals surface area contributed by atoms with Gasteiger partial charge in [0.25, 0.3) is 0 Å². The lowest BCUT2D eigenvalue weighted by atomic mass is 9.86. The lowest BCUT2D eigenvalue weighted by Gasteiger charge is -2.29. The van der Waals surface area contributed by atoms with Crippen LogP contribution in [0.2, 0.25) is 0 Å². The van der Waals surface area contributed by atoms with Gasteiger partial charge in [-0.3, -0.25) is 0 Å². The second kappa shape index (κ2) is 5.45. The zero-order valence-electron chi connectivity index (χ0n) is 10.9. The quantitative estimate of drug-likeness (QED) is 0.866. The maximum absolute atomic E-state index is 9.51. The Bertz CT molecular complexity index is 380. The fourth-order valence-corrected chi connectivity index (χ4v) is 3.36. The van der Waals surface area contributed by atoms with Crippen LogP contribution in [0, 0.1) is 5.92 Å². The summed E-state index contributed by atoms with van der Waals surface area (Å²) in [7, 11) is 0. The van der Waals surface area contributed by atoms with E-state index < -0.39 is 0 Å². The van der Waals surface area contributed by atoms with Gasteiger partial charge in [-0.1, -0.05) is 0 Å². The van der Waals surface area contributed by atoms with Crippen LogP contribution < -0.4 is 5.32 Å². The molecule has 0 aliphatic heterocycles. The molecule has 1 atom stereocenters. The number of hydrogen-bond acceptors (Lipinski definition) is 3. The van der Waals surface area contributed by atoms with Gasteiger partial charge in [0, 0.05) is 18.0 Å². The summed E-state index contributed by atoms with van der Waals surface area (Å²) in [6, 6.07) is 2.61. The van der Waals surface area contributed by atoms with Crippen molar-refractivity contribution in [2.24, 2.45) is 5.92 Å². The molecule has 3 nitrogen and oxygen atoms in total. The van der Waals surface area contributed by atoms with Gasteiger partial charge >= 0.3 is 0 Å². The third kappa shape index (κ3) is 2.62. The van der Waals surface area contributed by atoms with Gasteiger partial charge in [-0.25, -0.2) is 0 Å². The average Bonchev–Trinajstić information content (AvgIpc) is 2.87. The van der Waals surface area contributed by atoms with Crippen LogP contribution in [0.1, 0.15) is 55.9 Å². The summed E-state index contributed by atoms with van der Waals surface area (Å²) < 4.78 is 5.52. The number of aliphatic hydroxyl groups is 1. The van der Waals surface area contributed by atoms with E-state index in [9.17, 15) is 5.11 Å². The van der Waals surface area contributed by atoms with Crippen molar-refractivity contribution in [3.8, 4) is 0 Å². The van der Waals surface area contributed by atoms with Crippen LogP contribution in [0.4, 0.5) is 0 Å². The highest BCUT2D eigenvalue weighted by atomic mass is 16.3. The highest BCUT2D eigenvalue weighted by Crippen LogP contribution is 2.31. The molecular weight excluding hydrogens is 226 g/mol. The van der Waals surface area contributed by atoms with E-state index in [-0.39, 0.29) is 6.10 Å². The first-order valence-corrected chi connectivity index (χ1v) is 7.30. The van der Waals surface area contributed by atoms with Crippen molar-refractivity contribution >= 4 is 0 Å². The third-order valence-corrected chi connectivity index (χ3v) is 4.52. The maximum Gasteiger partial charge on any atom is 0.108 e. The summed E-state index contributed by atoms with van der Waals surface area (Å²) in [5.74, 6) is 1.92. The monoisotopic (exact) mass is 249 g/mol. The molecule has 1 heterocycles. The highest BCUT2D eigenvalue weighted by Gasteiger charge is 2.24. The summed E-state index contributed by atoms with van der Waals surface area (Å²) in [4.78, 5) is 0. The van der Waals surface area contributed by atoms with Crippen molar-refractivity contribution in [3.05, 3.63) is 23.7 Å². The van der Waals surface area contributed by atoms with Crippen LogP contribution >= 0.6 is 0 Å². The van der Waals surface area contributed by atoms with E-state index in [1.165, 1.54) is 37.0 Å². The molecule has 0 saturated heterocycles. The van der Waals surface area contributed by atoms with E-state index in [1.54, 1.807) is 0 Å². The number of fused-ring (bicyclic) bond motifs is 1. The Morgan fingerprint density at radius 2 is 2.06 bits per heavy atom. The molecule has 1 saturated carbocycles. The molecule has 3 rings (SSSR count). The van der Waals surface area contributed by atoms with Gasteiger partial charge in [-0.05, 0) is 57.1 Å². The van der Waals surface area contributed by atoms with Gasteiger partial charge in [0.05, 0.1) is 12.4 Å². The Labute approximate surface area is 109 Å². The topological polar surface area (TPSA) is 45.4 Å². The molecule has 1 unspecified atom stereocenters. The number of furan rings is 1. The summed E-state index contributed by atoms with van der Waals surface area (Å²) in [6.07, 6.45) is 9.61. The fraction of sp³-hybridized carbons (Fsp3) is 0.733. The number of rotatable bonds is 3. The summed E-state index contributed by atoms with van der Waals surface area (Å²) in [5.41, 5.74) is 1.37. The highest BCUT2D eigenvalue weighted by molar-refractivity contribution is 5.23. The minimum Gasteiger partial charge on any atom is -0.469 e. The molecule has 0 aromatic carbocycles. The van der Waals surface area contributed by atoms with Crippen molar-refractivity contribution in [3.63, 3.8) is 0 Å². The van der Waals surface area contributed by atoms with E-state index in [2.05, 4.69) is 11.4 Å². The molecule has 2 N–H and O–H groups in total. The molecule has 0 amide bonds. The van der Waals surface area contributed by atoms with Gasteiger partial charge in [0.15, 0.2) is 0 Å². The van der Waals surface area contributed by atoms with Crippen LogP contribution in [0.5, 0.6) is 0 Å². The van der Waals surface area contributed by atoms with Crippen molar-refractivity contribution in [2.75, 3.05) is 6.54 Å². The first-order valence-electron chi connectivity index (χ1n) is 7.30. The van der Waals surface area contributed by atoms with Gasteiger partial charge in [-0.2, -0.15) is 0 Å². The van der Waals surface area contributed by atoms with Gasteiger partial charge in [0.1, 0.15) is 5.76 Å². The number of aliphatic hydroxyl groups excluding tert-OH is 1. The molecule has 1 fully saturated rings. The Kier molecular flexibility index (Phi) is 3.71. The minimum atomic E-state index is -0.0450. The van der Waals surface area contributed by atoms with E-state index in [1.807, 2.05) is 6.26 Å². The predicted octanol–water partition coefficient (Wildman–Crippen LogP) is 2.80. The number of nitrogens with one attached hydrogen (secondary N) is 1. The summed E-state index contributed by atoms with van der Waals surface area (Å²) in [6.45, 7) is 1.09. The summed E-state index contributed by atoms with van der Waals surface area (Å²) >= 11 is 0. The Balaban J connectivity index is 1.52. The Morgan fingerprint density at radius 3 is 2.89 bits per heavy atom. The zero-order valence-corrected chi connectivity index (χ0v) is 10.9. The summed E-state index contributed by atoms with van der Waals surface area (Å²) in [5, 5.41) is 13.2. The minimum absolute atomic E-state index is 0.0450. The SMILES string of the molecule is OC1CCC(CNC2CCCc3occc32)CC1. The molecular formula is C15H23NO2. The Morgan fingerprint density at radius 1 is 1.22 bits per heavy atom. The first-order chi connectivity index (χ1) is 8.83. The standard InChI is InChI=1S/C15H23NO2/c17-12-6-4-11(5-7-12)10-16-14-2-1-3-15-13(14)8-9-18-15/h8-9,11-12,14,16-17H,1-7,10H2. The molecule has 2 aliphatic rings. The second-order valence-corrected chi connectivity index (χ2v) is 5.83. The lowest BCUT2D eigenvalue weighted by molar-refractivity contribution is 0.107. The van der Waals surface area contributed by atoms with Crippen LogP contribution in [0.25, 0.3) is 0 Å². The van der Waals surface area contributed by atoms with E-state index >= 15 is 0 Å². The molecule has 3 heteroatoms. The number of hydrogen-bond donors (Lipinski definition) is 2. The second-order valence-electron chi connectivity index (χ2n) is 5.83. The van der Waals surface area contributed by atoms with E-state index in [0.717, 1.165) is 31.7 Å². The predicted molar refractivity (Wildman–Crippen MR) is 70.4 cm³/mol. The van der Waals surface area contributed by atoms with E-state index in [0.29, 0.717) is 6.04 Å². The van der Waals surface area contributed by atoms with E-state index in [4.69, 9.17) is 4.42 Å². The fourth-order valence-electron chi connectivity index (χ4n) is 3.36. The van der Waals surface area contributed by atoms with Crippen LogP contribution in [-0.2, 0) is 6.42 Å². The van der Waals surface area contributed by atoms with Crippen molar-refractivity contribution in [2.45, 2.75) is 57.1 Å². The van der Waals surface area contributed by atoms with Gasteiger partial charge < -0.3 is 14.8 Å². The molecule has 100 valence electrons. The van der Waals surface area contributed by atoms with Crippen molar-refractivity contribution in [1.29, 1.82) is 0 Å². The van der Waals surface area contributed by atoms with Gasteiger partial charge in [-0.15, -0.1) is 0 Å².